The minimum atomic E-state index is 0.501. The Morgan fingerprint density at radius 2 is 2.17 bits per heavy atom. The number of methoxy groups -OCH3 is 1. The van der Waals surface area contributed by atoms with Crippen LogP contribution < -0.4 is 10.6 Å². The lowest BCUT2D eigenvalue weighted by Crippen LogP contribution is -2.40. The standard InChI is InChI=1S/C14H21N3O/c1-15-14(16-8-9-18-2)17-13-10-12(13)11-6-4-3-5-7-11/h3-7,12-13H,8-10H2,1-2H3,(H2,15,16,17). The number of ether oxygens (including phenoxy) is 1. The smallest absolute Gasteiger partial charge is 0.191 e. The molecular formula is C14H21N3O. The highest BCUT2D eigenvalue weighted by molar-refractivity contribution is 5.80. The van der Waals surface area contributed by atoms with Crippen molar-refractivity contribution in [3.63, 3.8) is 0 Å². The van der Waals surface area contributed by atoms with Crippen molar-refractivity contribution in [3.05, 3.63) is 35.9 Å². The lowest BCUT2D eigenvalue weighted by Gasteiger charge is -2.11. The van der Waals surface area contributed by atoms with E-state index < -0.39 is 0 Å². The summed E-state index contributed by atoms with van der Waals surface area (Å²) in [7, 11) is 3.49. The van der Waals surface area contributed by atoms with Crippen molar-refractivity contribution in [2.75, 3.05) is 27.3 Å². The normalized spacial score (nSPS) is 22.7. The molecule has 1 saturated carbocycles. The number of nitrogens with zero attached hydrogens (tertiary/aromatic N) is 1. The van der Waals surface area contributed by atoms with Gasteiger partial charge in [0.2, 0.25) is 0 Å². The van der Waals surface area contributed by atoms with Crippen LogP contribution in [0.15, 0.2) is 35.3 Å². The molecule has 1 aliphatic carbocycles. The topological polar surface area (TPSA) is 45.7 Å². The maximum atomic E-state index is 5.00. The first kappa shape index (κ1) is 12.9. The Bertz CT molecular complexity index is 391. The first-order valence-corrected chi connectivity index (χ1v) is 6.36. The van der Waals surface area contributed by atoms with Crippen molar-refractivity contribution < 1.29 is 4.74 Å². The molecule has 1 aromatic carbocycles. The third-order valence-electron chi connectivity index (χ3n) is 3.16. The van der Waals surface area contributed by atoms with E-state index >= 15 is 0 Å². The number of benzene rings is 1. The molecule has 1 aliphatic rings. The third-order valence-corrected chi connectivity index (χ3v) is 3.16. The molecular weight excluding hydrogens is 226 g/mol. The van der Waals surface area contributed by atoms with Gasteiger partial charge in [-0.2, -0.15) is 0 Å². The predicted octanol–water partition coefficient (Wildman–Crippen LogP) is 1.35. The summed E-state index contributed by atoms with van der Waals surface area (Å²) < 4.78 is 5.00. The van der Waals surface area contributed by atoms with Gasteiger partial charge in [0.15, 0.2) is 5.96 Å². The number of hydrogen-bond acceptors (Lipinski definition) is 2. The molecule has 1 fully saturated rings. The summed E-state index contributed by atoms with van der Waals surface area (Å²) >= 11 is 0. The average molecular weight is 247 g/mol. The monoisotopic (exact) mass is 247 g/mol. The molecule has 2 unspecified atom stereocenters. The van der Waals surface area contributed by atoms with Gasteiger partial charge in [-0.15, -0.1) is 0 Å². The maximum absolute atomic E-state index is 5.00. The minimum absolute atomic E-state index is 0.501. The van der Waals surface area contributed by atoms with Gasteiger partial charge in [-0.3, -0.25) is 4.99 Å². The van der Waals surface area contributed by atoms with Crippen LogP contribution in [0.3, 0.4) is 0 Å². The molecule has 0 spiro atoms. The fourth-order valence-electron chi connectivity index (χ4n) is 2.06. The van der Waals surface area contributed by atoms with Crippen LogP contribution in [0.4, 0.5) is 0 Å². The molecule has 2 rings (SSSR count). The van der Waals surface area contributed by atoms with E-state index in [1.807, 2.05) is 0 Å². The zero-order chi connectivity index (χ0) is 12.8. The van der Waals surface area contributed by atoms with Crippen LogP contribution in [0.2, 0.25) is 0 Å². The van der Waals surface area contributed by atoms with E-state index in [1.165, 1.54) is 12.0 Å². The fraction of sp³-hybridized carbons (Fsp3) is 0.500. The Balaban J connectivity index is 1.78. The van der Waals surface area contributed by atoms with Gasteiger partial charge in [0.1, 0.15) is 0 Å². The van der Waals surface area contributed by atoms with Gasteiger partial charge >= 0.3 is 0 Å². The summed E-state index contributed by atoms with van der Waals surface area (Å²) in [6.45, 7) is 1.46. The summed E-state index contributed by atoms with van der Waals surface area (Å²) in [6.07, 6.45) is 1.18. The summed E-state index contributed by atoms with van der Waals surface area (Å²) in [6, 6.07) is 11.1. The van der Waals surface area contributed by atoms with Crippen molar-refractivity contribution in [2.24, 2.45) is 4.99 Å². The van der Waals surface area contributed by atoms with Gasteiger partial charge < -0.3 is 15.4 Å². The van der Waals surface area contributed by atoms with E-state index in [1.54, 1.807) is 14.2 Å². The first-order valence-electron chi connectivity index (χ1n) is 6.36. The Hall–Kier alpha value is -1.55. The molecule has 4 nitrogen and oxygen atoms in total. The molecule has 0 saturated heterocycles. The Kier molecular flexibility index (Phi) is 4.59. The molecule has 0 aromatic heterocycles. The summed E-state index contributed by atoms with van der Waals surface area (Å²) in [5, 5.41) is 6.66. The van der Waals surface area contributed by atoms with Gasteiger partial charge in [-0.1, -0.05) is 30.3 Å². The number of guanidine groups is 1. The fourth-order valence-corrected chi connectivity index (χ4v) is 2.06. The number of hydrogen-bond donors (Lipinski definition) is 2. The van der Waals surface area contributed by atoms with Crippen LogP contribution in [0.5, 0.6) is 0 Å². The van der Waals surface area contributed by atoms with Gasteiger partial charge in [0, 0.05) is 32.7 Å². The second-order valence-electron chi connectivity index (χ2n) is 4.50. The lowest BCUT2D eigenvalue weighted by molar-refractivity contribution is 0.203. The summed E-state index contributed by atoms with van der Waals surface area (Å²) in [5.74, 6) is 1.47. The van der Waals surface area contributed by atoms with Crippen molar-refractivity contribution in [1.82, 2.24) is 10.6 Å². The van der Waals surface area contributed by atoms with Crippen LogP contribution >= 0.6 is 0 Å². The van der Waals surface area contributed by atoms with Crippen LogP contribution in [0.25, 0.3) is 0 Å². The molecule has 2 N–H and O–H groups in total. The van der Waals surface area contributed by atoms with Gasteiger partial charge in [0.25, 0.3) is 0 Å². The molecule has 2 atom stereocenters. The summed E-state index contributed by atoms with van der Waals surface area (Å²) in [4.78, 5) is 4.21. The zero-order valence-electron chi connectivity index (χ0n) is 11.0. The SMILES string of the molecule is CN=C(NCCOC)NC1CC1c1ccccc1. The minimum Gasteiger partial charge on any atom is -0.383 e. The number of rotatable bonds is 5. The molecule has 0 heterocycles. The van der Waals surface area contributed by atoms with E-state index in [-0.39, 0.29) is 0 Å². The quantitative estimate of drug-likeness (QED) is 0.469. The second-order valence-corrected chi connectivity index (χ2v) is 4.50. The molecule has 98 valence electrons. The maximum Gasteiger partial charge on any atom is 0.191 e. The van der Waals surface area contributed by atoms with E-state index in [4.69, 9.17) is 4.74 Å². The highest BCUT2D eigenvalue weighted by Crippen LogP contribution is 2.40. The average Bonchev–Trinajstić information content (AvgIpc) is 3.18. The van der Waals surface area contributed by atoms with Gasteiger partial charge in [0.05, 0.1) is 6.61 Å². The molecule has 0 bridgehead atoms. The highest BCUT2D eigenvalue weighted by atomic mass is 16.5. The van der Waals surface area contributed by atoms with Gasteiger partial charge in [-0.05, 0) is 12.0 Å². The largest absolute Gasteiger partial charge is 0.383 e. The van der Waals surface area contributed by atoms with E-state index in [0.717, 1.165) is 12.5 Å². The van der Waals surface area contributed by atoms with Crippen molar-refractivity contribution in [2.45, 2.75) is 18.4 Å². The van der Waals surface area contributed by atoms with Crippen LogP contribution in [0, 0.1) is 0 Å². The zero-order valence-corrected chi connectivity index (χ0v) is 11.0. The second kappa shape index (κ2) is 6.40. The van der Waals surface area contributed by atoms with Crippen molar-refractivity contribution in [3.8, 4) is 0 Å². The predicted molar refractivity (Wildman–Crippen MR) is 74.0 cm³/mol. The first-order chi connectivity index (χ1) is 8.85. The molecule has 18 heavy (non-hydrogen) atoms. The van der Waals surface area contributed by atoms with Crippen molar-refractivity contribution >= 4 is 5.96 Å². The van der Waals surface area contributed by atoms with Crippen LogP contribution in [-0.4, -0.2) is 39.3 Å². The van der Waals surface area contributed by atoms with Crippen LogP contribution in [0.1, 0.15) is 17.9 Å². The third kappa shape index (κ3) is 3.47. The molecule has 0 amide bonds. The molecule has 1 aromatic rings. The van der Waals surface area contributed by atoms with E-state index in [9.17, 15) is 0 Å². The Morgan fingerprint density at radius 3 is 2.83 bits per heavy atom. The molecule has 4 heteroatoms. The van der Waals surface area contributed by atoms with E-state index in [0.29, 0.717) is 18.6 Å². The van der Waals surface area contributed by atoms with Crippen LogP contribution in [-0.2, 0) is 4.74 Å². The number of aliphatic imine (C=N–C) groups is 1. The molecule has 0 aliphatic heterocycles. The van der Waals surface area contributed by atoms with Gasteiger partial charge in [-0.25, -0.2) is 0 Å². The van der Waals surface area contributed by atoms with Crippen molar-refractivity contribution in [1.29, 1.82) is 0 Å². The van der Waals surface area contributed by atoms with E-state index in [2.05, 4.69) is 46.0 Å². The summed E-state index contributed by atoms with van der Waals surface area (Å²) in [5.41, 5.74) is 1.40. The highest BCUT2D eigenvalue weighted by Gasteiger charge is 2.38. The number of nitrogens with one attached hydrogen (secondary N) is 2. The Labute approximate surface area is 108 Å². The Morgan fingerprint density at radius 1 is 1.39 bits per heavy atom. The lowest BCUT2D eigenvalue weighted by atomic mass is 10.1. The molecule has 0 radical (unpaired) electrons.